The molecule has 1 atom stereocenters. The van der Waals surface area contributed by atoms with Crippen LogP contribution >= 0.6 is 0 Å². The fourth-order valence-corrected chi connectivity index (χ4v) is 4.31. The standard InChI is InChI=1S/C20H25N3O3S/c1-4-23-18-9-6-5-8-16(18)22-20(23)27(24)14-17-15(2)19(10-11-21-17)26-13-7-12-25-3/h5-6,8-11H,4,7,12-14H2,1-3H3. The molecule has 0 bridgehead atoms. The summed E-state index contributed by atoms with van der Waals surface area (Å²) in [5.41, 5.74) is 3.56. The van der Waals surface area contributed by atoms with E-state index in [0.29, 0.717) is 24.1 Å². The van der Waals surface area contributed by atoms with E-state index in [2.05, 4.69) is 9.97 Å². The molecule has 0 spiro atoms. The molecule has 0 aliphatic rings. The lowest BCUT2D eigenvalue weighted by Gasteiger charge is -2.14. The van der Waals surface area contributed by atoms with Crippen molar-refractivity contribution in [1.82, 2.24) is 14.5 Å². The smallest absolute Gasteiger partial charge is 0.324 e. The van der Waals surface area contributed by atoms with E-state index in [1.165, 1.54) is 0 Å². The van der Waals surface area contributed by atoms with Crippen LogP contribution < -0.4 is 4.74 Å². The fraction of sp³-hybridized carbons (Fsp3) is 0.400. The van der Waals surface area contributed by atoms with Gasteiger partial charge in [0, 0.05) is 49.6 Å². The topological polar surface area (TPSA) is 72.2 Å². The van der Waals surface area contributed by atoms with Gasteiger partial charge in [0.1, 0.15) is 5.75 Å². The normalized spacial score (nSPS) is 12.4. The molecule has 0 aliphatic heterocycles. The summed E-state index contributed by atoms with van der Waals surface area (Å²) in [5.74, 6) is 1.09. The van der Waals surface area contributed by atoms with Crippen LogP contribution in [0.15, 0.2) is 41.7 Å². The molecule has 0 N–H and O–H groups in total. The molecule has 0 radical (unpaired) electrons. The Bertz CT molecular complexity index is 897. The number of para-hydroxylation sites is 2. The number of benzene rings is 1. The van der Waals surface area contributed by atoms with Gasteiger partial charge in [-0.15, -0.1) is 0 Å². The Morgan fingerprint density at radius 3 is 2.78 bits per heavy atom. The van der Waals surface area contributed by atoms with Crippen LogP contribution in [0.1, 0.15) is 24.6 Å². The number of hydrogen-bond donors (Lipinski definition) is 0. The molecule has 3 rings (SSSR count). The summed E-state index contributed by atoms with van der Waals surface area (Å²) in [7, 11) is 1.68. The van der Waals surface area contributed by atoms with Crippen molar-refractivity contribution in [1.29, 1.82) is 0 Å². The number of rotatable bonds is 9. The van der Waals surface area contributed by atoms with E-state index < -0.39 is 11.2 Å². The second-order valence-corrected chi connectivity index (χ2v) is 7.54. The van der Waals surface area contributed by atoms with Gasteiger partial charge >= 0.3 is 5.16 Å². The number of methoxy groups -OCH3 is 1. The molecule has 0 aliphatic carbocycles. The SMILES string of the molecule is CCn1c([S+]([O-])Cc2nccc(OCCCOC)c2C)nc2ccccc21. The Hall–Kier alpha value is -2.09. The maximum absolute atomic E-state index is 13.1. The average Bonchev–Trinajstić information content (AvgIpc) is 3.06. The first kappa shape index (κ1) is 19.7. The number of ether oxygens (including phenoxy) is 2. The van der Waals surface area contributed by atoms with Gasteiger partial charge in [-0.3, -0.25) is 9.55 Å². The van der Waals surface area contributed by atoms with Crippen LogP contribution in [0.25, 0.3) is 11.0 Å². The molecule has 2 aromatic heterocycles. The Morgan fingerprint density at radius 2 is 2.00 bits per heavy atom. The van der Waals surface area contributed by atoms with Gasteiger partial charge in [-0.2, -0.15) is 4.98 Å². The zero-order chi connectivity index (χ0) is 19.2. The lowest BCUT2D eigenvalue weighted by Crippen LogP contribution is -2.14. The molecule has 0 saturated heterocycles. The van der Waals surface area contributed by atoms with Crippen molar-refractivity contribution < 1.29 is 14.0 Å². The summed E-state index contributed by atoms with van der Waals surface area (Å²) >= 11 is -1.29. The second kappa shape index (κ2) is 9.21. The Morgan fingerprint density at radius 1 is 1.19 bits per heavy atom. The van der Waals surface area contributed by atoms with Gasteiger partial charge in [0.25, 0.3) is 0 Å². The minimum atomic E-state index is -1.29. The molecule has 3 aromatic rings. The van der Waals surface area contributed by atoms with Crippen molar-refractivity contribution in [3.8, 4) is 5.75 Å². The maximum atomic E-state index is 13.1. The predicted octanol–water partition coefficient (Wildman–Crippen LogP) is 3.48. The summed E-state index contributed by atoms with van der Waals surface area (Å²) in [6.45, 7) is 5.94. The largest absolute Gasteiger partial charge is 0.609 e. The third-order valence-electron chi connectivity index (χ3n) is 4.42. The van der Waals surface area contributed by atoms with Gasteiger partial charge in [-0.25, -0.2) is 0 Å². The van der Waals surface area contributed by atoms with Gasteiger partial charge in [-0.05, 0) is 32.0 Å². The van der Waals surface area contributed by atoms with Crippen LogP contribution in [0, 0.1) is 6.92 Å². The molecule has 1 aromatic carbocycles. The Kier molecular flexibility index (Phi) is 6.71. The molecule has 0 saturated carbocycles. The highest BCUT2D eigenvalue weighted by molar-refractivity contribution is 7.90. The molecular weight excluding hydrogens is 362 g/mol. The number of aryl methyl sites for hydroxylation is 1. The van der Waals surface area contributed by atoms with Crippen LogP contribution in [0.4, 0.5) is 0 Å². The summed E-state index contributed by atoms with van der Waals surface area (Å²) in [4.78, 5) is 9.02. The van der Waals surface area contributed by atoms with E-state index in [4.69, 9.17) is 9.47 Å². The summed E-state index contributed by atoms with van der Waals surface area (Å²) in [6.07, 6.45) is 2.52. The van der Waals surface area contributed by atoms with Gasteiger partial charge in [0.05, 0.1) is 23.3 Å². The van der Waals surface area contributed by atoms with Crippen LogP contribution in [-0.4, -0.2) is 39.4 Å². The minimum absolute atomic E-state index is 0.310. The lowest BCUT2D eigenvalue weighted by atomic mass is 10.2. The van der Waals surface area contributed by atoms with E-state index >= 15 is 0 Å². The van der Waals surface area contributed by atoms with Crippen molar-refractivity contribution >= 4 is 22.2 Å². The van der Waals surface area contributed by atoms with Gasteiger partial charge < -0.3 is 14.0 Å². The van der Waals surface area contributed by atoms with Crippen molar-refractivity contribution in [2.75, 3.05) is 20.3 Å². The number of nitrogens with zero attached hydrogens (tertiary/aromatic N) is 3. The minimum Gasteiger partial charge on any atom is -0.609 e. The summed E-state index contributed by atoms with van der Waals surface area (Å²) < 4.78 is 25.9. The van der Waals surface area contributed by atoms with Gasteiger partial charge in [-0.1, -0.05) is 12.1 Å². The van der Waals surface area contributed by atoms with Crippen LogP contribution in [-0.2, 0) is 28.2 Å². The van der Waals surface area contributed by atoms with Gasteiger partial charge in [0.15, 0.2) is 5.75 Å². The first-order valence-electron chi connectivity index (χ1n) is 9.05. The Labute approximate surface area is 162 Å². The fourth-order valence-electron chi connectivity index (χ4n) is 2.97. The predicted molar refractivity (Wildman–Crippen MR) is 106 cm³/mol. The van der Waals surface area contributed by atoms with Crippen LogP contribution in [0.3, 0.4) is 0 Å². The molecule has 1 unspecified atom stereocenters. The molecule has 7 heteroatoms. The number of fused-ring (bicyclic) bond motifs is 1. The van der Waals surface area contributed by atoms with E-state index in [-0.39, 0.29) is 0 Å². The molecule has 0 amide bonds. The van der Waals surface area contributed by atoms with E-state index in [0.717, 1.165) is 41.0 Å². The van der Waals surface area contributed by atoms with Crippen LogP contribution in [0.5, 0.6) is 5.75 Å². The lowest BCUT2D eigenvalue weighted by molar-refractivity contribution is 0.172. The molecule has 27 heavy (non-hydrogen) atoms. The molecule has 6 nitrogen and oxygen atoms in total. The average molecular weight is 388 g/mol. The third-order valence-corrected chi connectivity index (χ3v) is 5.67. The van der Waals surface area contributed by atoms with Crippen molar-refractivity contribution in [2.24, 2.45) is 0 Å². The highest BCUT2D eigenvalue weighted by atomic mass is 32.2. The second-order valence-electron chi connectivity index (χ2n) is 6.19. The summed E-state index contributed by atoms with van der Waals surface area (Å²) in [5, 5.41) is 0.589. The third kappa shape index (κ3) is 4.43. The quantitative estimate of drug-likeness (QED) is 0.415. The van der Waals surface area contributed by atoms with Crippen molar-refractivity contribution in [2.45, 2.75) is 37.7 Å². The van der Waals surface area contributed by atoms with E-state index in [1.54, 1.807) is 13.3 Å². The number of aromatic nitrogens is 3. The maximum Gasteiger partial charge on any atom is 0.324 e. The molecule has 2 heterocycles. The van der Waals surface area contributed by atoms with Crippen molar-refractivity contribution in [3.05, 3.63) is 47.8 Å². The Balaban J connectivity index is 1.79. The number of hydrogen-bond acceptors (Lipinski definition) is 5. The van der Waals surface area contributed by atoms with Crippen LogP contribution in [0.2, 0.25) is 0 Å². The zero-order valence-electron chi connectivity index (χ0n) is 16.0. The van der Waals surface area contributed by atoms with E-state index in [1.807, 2.05) is 48.7 Å². The first-order chi connectivity index (χ1) is 13.2. The number of pyridine rings is 1. The van der Waals surface area contributed by atoms with Crippen molar-refractivity contribution in [3.63, 3.8) is 0 Å². The zero-order valence-corrected chi connectivity index (χ0v) is 16.8. The summed E-state index contributed by atoms with van der Waals surface area (Å²) in [6, 6.07) is 9.71. The molecule has 0 fully saturated rings. The highest BCUT2D eigenvalue weighted by Gasteiger charge is 2.23. The first-order valence-corrected chi connectivity index (χ1v) is 10.4. The molecule has 144 valence electrons. The van der Waals surface area contributed by atoms with Gasteiger partial charge in [0.2, 0.25) is 0 Å². The van der Waals surface area contributed by atoms with E-state index in [9.17, 15) is 4.55 Å². The number of imidazole rings is 1. The monoisotopic (exact) mass is 387 g/mol. The highest BCUT2D eigenvalue weighted by Crippen LogP contribution is 2.25. The molecular formula is C20H25N3O3S.